The van der Waals surface area contributed by atoms with Crippen LogP contribution in [-0.2, 0) is 0 Å². The van der Waals surface area contributed by atoms with Crippen LogP contribution in [0.1, 0.15) is 38.5 Å². The number of nitrogens with zero attached hydrogens (tertiary/aromatic N) is 2. The summed E-state index contributed by atoms with van der Waals surface area (Å²) in [4.78, 5) is 6.58. The molecule has 124 valence electrons. The molecule has 0 unspecified atom stereocenters. The lowest BCUT2D eigenvalue weighted by atomic mass is 9.67. The number of fused-ring (bicyclic) bond motifs is 2. The van der Waals surface area contributed by atoms with Gasteiger partial charge < -0.3 is 15.3 Å². The van der Waals surface area contributed by atoms with Gasteiger partial charge in [-0.15, -0.1) is 0 Å². The smallest absolute Gasteiger partial charge is 0.0797 e. The van der Waals surface area contributed by atoms with Gasteiger partial charge >= 0.3 is 0 Å². The van der Waals surface area contributed by atoms with Gasteiger partial charge in [0.15, 0.2) is 0 Å². The topological polar surface area (TPSA) is 38.7 Å². The van der Waals surface area contributed by atoms with Crippen molar-refractivity contribution in [1.29, 1.82) is 0 Å². The normalized spacial score (nSPS) is 42.0. The van der Waals surface area contributed by atoms with Crippen LogP contribution in [0, 0.1) is 11.8 Å². The van der Waals surface area contributed by atoms with Crippen molar-refractivity contribution in [3.63, 3.8) is 0 Å². The molecule has 0 aromatic rings. The van der Waals surface area contributed by atoms with Gasteiger partial charge in [-0.05, 0) is 57.0 Å². The molecule has 2 N–H and O–H groups in total. The Morgan fingerprint density at radius 2 is 2.05 bits per heavy atom. The van der Waals surface area contributed by atoms with Gasteiger partial charge in [0.1, 0.15) is 0 Å². The number of rotatable bonds is 3. The quantitative estimate of drug-likeness (QED) is 0.765. The molecule has 4 aliphatic heterocycles. The van der Waals surface area contributed by atoms with E-state index in [1.54, 1.807) is 0 Å². The molecule has 0 bridgehead atoms. The summed E-state index contributed by atoms with van der Waals surface area (Å²) in [5.74, 6) is 1.65. The summed E-state index contributed by atoms with van der Waals surface area (Å²) in [7, 11) is 0. The van der Waals surface area contributed by atoms with E-state index in [1.807, 2.05) is 0 Å². The van der Waals surface area contributed by atoms with Crippen molar-refractivity contribution in [2.45, 2.75) is 56.7 Å². The first-order chi connectivity index (χ1) is 10.8. The molecule has 0 aromatic heterocycles. The third kappa shape index (κ3) is 2.60. The van der Waals surface area contributed by atoms with Crippen molar-refractivity contribution >= 4 is 17.2 Å². The second kappa shape index (κ2) is 6.34. The lowest BCUT2D eigenvalue weighted by Crippen LogP contribution is -2.68. The zero-order valence-electron chi connectivity index (χ0n) is 13.4. The Morgan fingerprint density at radius 1 is 1.23 bits per heavy atom. The maximum atomic E-state index is 9.08. The zero-order valence-corrected chi connectivity index (χ0v) is 14.2. The van der Waals surface area contributed by atoms with Gasteiger partial charge in [0.25, 0.3) is 0 Å². The van der Waals surface area contributed by atoms with Gasteiger partial charge in [0, 0.05) is 37.6 Å². The fourth-order valence-corrected chi connectivity index (χ4v) is 6.12. The predicted molar refractivity (Wildman–Crippen MR) is 92.0 cm³/mol. The van der Waals surface area contributed by atoms with E-state index in [0.717, 1.165) is 24.3 Å². The van der Waals surface area contributed by atoms with E-state index in [9.17, 15) is 0 Å². The Kier molecular flexibility index (Phi) is 4.41. The Labute approximate surface area is 139 Å². The summed E-state index contributed by atoms with van der Waals surface area (Å²) < 4.78 is 0. The third-order valence-corrected chi connectivity index (χ3v) is 6.89. The minimum absolute atomic E-state index is 0.222. The minimum atomic E-state index is 0.222. The van der Waals surface area contributed by atoms with Crippen LogP contribution in [0.3, 0.4) is 0 Å². The lowest BCUT2D eigenvalue weighted by molar-refractivity contribution is -0.0620. The summed E-state index contributed by atoms with van der Waals surface area (Å²) in [6.07, 6.45) is 7.71. The van der Waals surface area contributed by atoms with Gasteiger partial charge in [-0.3, -0.25) is 4.90 Å². The van der Waals surface area contributed by atoms with Gasteiger partial charge in [0.05, 0.1) is 11.6 Å². The molecule has 22 heavy (non-hydrogen) atoms. The SMILES string of the molecule is OCCN[C@@H]1CC(=S)N2C[C@@H]3CCCN4CCC[C@@H]([C@H]34)[C@H]2C1. The molecule has 4 heterocycles. The van der Waals surface area contributed by atoms with Crippen molar-refractivity contribution in [3.05, 3.63) is 0 Å². The van der Waals surface area contributed by atoms with E-state index in [2.05, 4.69) is 15.1 Å². The number of hydrogen-bond acceptors (Lipinski definition) is 4. The van der Waals surface area contributed by atoms with Gasteiger partial charge in [-0.2, -0.15) is 0 Å². The van der Waals surface area contributed by atoms with E-state index in [4.69, 9.17) is 17.3 Å². The highest BCUT2D eigenvalue weighted by Gasteiger charge is 2.50. The Hall–Kier alpha value is -0.230. The Morgan fingerprint density at radius 3 is 2.86 bits per heavy atom. The summed E-state index contributed by atoms with van der Waals surface area (Å²) >= 11 is 5.78. The summed E-state index contributed by atoms with van der Waals surface area (Å²) in [6.45, 7) is 4.76. The lowest BCUT2D eigenvalue weighted by Gasteiger charge is -2.60. The average Bonchev–Trinajstić information content (AvgIpc) is 2.54. The standard InChI is InChI=1S/C17H29N3OS/c21-8-5-18-13-9-15-14-4-2-7-19-6-1-3-12(17(14)19)11-20(15)16(22)10-13/h12-15,17-18,21H,1-11H2/t12-,13-,14+,15+,17-/m0/s1. The first-order valence-electron chi connectivity index (χ1n) is 9.15. The van der Waals surface area contributed by atoms with Crippen molar-refractivity contribution in [2.24, 2.45) is 11.8 Å². The molecule has 0 amide bonds. The number of thiocarbonyl (C=S) groups is 1. The van der Waals surface area contributed by atoms with E-state index in [1.165, 1.54) is 56.7 Å². The van der Waals surface area contributed by atoms with Gasteiger partial charge in [0.2, 0.25) is 0 Å². The Balaban J connectivity index is 1.54. The highest BCUT2D eigenvalue weighted by molar-refractivity contribution is 7.80. The van der Waals surface area contributed by atoms with Crippen LogP contribution in [0.25, 0.3) is 0 Å². The van der Waals surface area contributed by atoms with Crippen LogP contribution < -0.4 is 5.32 Å². The minimum Gasteiger partial charge on any atom is -0.395 e. The third-order valence-electron chi connectivity index (χ3n) is 6.48. The molecule has 0 spiro atoms. The van der Waals surface area contributed by atoms with E-state index in [-0.39, 0.29) is 6.61 Å². The van der Waals surface area contributed by atoms with Gasteiger partial charge in [-0.1, -0.05) is 12.2 Å². The molecule has 0 aromatic carbocycles. The Bertz CT molecular complexity index is 430. The highest BCUT2D eigenvalue weighted by Crippen LogP contribution is 2.44. The van der Waals surface area contributed by atoms with E-state index < -0.39 is 0 Å². The predicted octanol–water partition coefficient (Wildman–Crippen LogP) is 1.23. The second-order valence-electron chi connectivity index (χ2n) is 7.66. The molecule has 4 fully saturated rings. The first-order valence-corrected chi connectivity index (χ1v) is 9.56. The summed E-state index contributed by atoms with van der Waals surface area (Å²) in [5, 5.41) is 12.6. The molecule has 5 heteroatoms. The molecule has 0 saturated carbocycles. The van der Waals surface area contributed by atoms with E-state index in [0.29, 0.717) is 18.6 Å². The van der Waals surface area contributed by atoms with Crippen LogP contribution in [0.2, 0.25) is 0 Å². The van der Waals surface area contributed by atoms with E-state index >= 15 is 0 Å². The maximum absolute atomic E-state index is 9.08. The van der Waals surface area contributed by atoms with Crippen LogP contribution >= 0.6 is 12.2 Å². The van der Waals surface area contributed by atoms with Gasteiger partial charge in [-0.25, -0.2) is 0 Å². The van der Waals surface area contributed by atoms with Crippen LogP contribution in [0.15, 0.2) is 0 Å². The molecule has 5 atom stereocenters. The van der Waals surface area contributed by atoms with Crippen molar-refractivity contribution in [2.75, 3.05) is 32.8 Å². The highest BCUT2D eigenvalue weighted by atomic mass is 32.1. The first kappa shape index (κ1) is 15.3. The largest absolute Gasteiger partial charge is 0.395 e. The van der Waals surface area contributed by atoms with Crippen LogP contribution in [-0.4, -0.2) is 70.8 Å². The molecular weight excluding hydrogens is 294 g/mol. The number of aliphatic hydroxyl groups is 1. The van der Waals surface area contributed by atoms with Crippen LogP contribution in [0.5, 0.6) is 0 Å². The molecule has 4 saturated heterocycles. The van der Waals surface area contributed by atoms with Crippen molar-refractivity contribution in [1.82, 2.24) is 15.1 Å². The van der Waals surface area contributed by atoms with Crippen molar-refractivity contribution < 1.29 is 5.11 Å². The zero-order chi connectivity index (χ0) is 15.1. The monoisotopic (exact) mass is 323 g/mol. The fraction of sp³-hybridized carbons (Fsp3) is 0.941. The number of nitrogens with one attached hydrogen (secondary N) is 1. The average molecular weight is 324 g/mol. The fourth-order valence-electron chi connectivity index (χ4n) is 5.71. The molecule has 0 radical (unpaired) electrons. The number of piperidine rings is 4. The molecule has 4 nitrogen and oxygen atoms in total. The number of hydrogen-bond donors (Lipinski definition) is 2. The maximum Gasteiger partial charge on any atom is 0.0797 e. The molecular formula is C17H29N3OS. The summed E-state index contributed by atoms with van der Waals surface area (Å²) in [6, 6.07) is 1.93. The number of aliphatic hydroxyl groups excluding tert-OH is 1. The molecule has 0 aliphatic carbocycles. The molecule has 4 aliphatic rings. The summed E-state index contributed by atoms with van der Waals surface area (Å²) in [5.41, 5.74) is 0. The second-order valence-corrected chi connectivity index (χ2v) is 8.13. The molecule has 4 rings (SSSR count). The van der Waals surface area contributed by atoms with Crippen molar-refractivity contribution in [3.8, 4) is 0 Å². The van der Waals surface area contributed by atoms with Crippen LogP contribution in [0.4, 0.5) is 0 Å².